The summed E-state index contributed by atoms with van der Waals surface area (Å²) in [5.41, 5.74) is 5.49. The number of nitrogens with zero attached hydrogens (tertiary/aromatic N) is 3. The maximum absolute atomic E-state index is 11.9. The van der Waals surface area contributed by atoms with Crippen molar-refractivity contribution in [3.63, 3.8) is 0 Å². The lowest BCUT2D eigenvalue weighted by molar-refractivity contribution is -0.134. The average Bonchev–Trinajstić information content (AvgIpc) is 2.91. The van der Waals surface area contributed by atoms with Crippen LogP contribution in [0.5, 0.6) is 0 Å². The second-order valence-electron chi connectivity index (χ2n) is 5.75. The van der Waals surface area contributed by atoms with Crippen LogP contribution in [0.3, 0.4) is 0 Å². The molecule has 0 fully saturated rings. The summed E-state index contributed by atoms with van der Waals surface area (Å²) in [4.78, 5) is 17.7. The number of hydrogen-bond donors (Lipinski definition) is 1. The molecule has 1 aromatic rings. The fourth-order valence-electron chi connectivity index (χ4n) is 1.67. The summed E-state index contributed by atoms with van der Waals surface area (Å²) in [7, 11) is 1.69. The van der Waals surface area contributed by atoms with Crippen molar-refractivity contribution in [1.82, 2.24) is 15.0 Å². The molecule has 2 N–H and O–H groups in total. The van der Waals surface area contributed by atoms with Gasteiger partial charge in [0.2, 0.25) is 11.8 Å². The smallest absolute Gasteiger partial charge is 0.246 e. The molecule has 0 saturated heterocycles. The van der Waals surface area contributed by atoms with Crippen LogP contribution < -0.4 is 5.73 Å². The van der Waals surface area contributed by atoms with Gasteiger partial charge in [0.15, 0.2) is 5.82 Å². The molecular weight excluding hydrogens is 272 g/mol. The lowest BCUT2D eigenvalue weighted by Gasteiger charge is -2.18. The van der Waals surface area contributed by atoms with Crippen LogP contribution in [-0.2, 0) is 16.1 Å². The molecule has 1 rings (SSSR count). The highest BCUT2D eigenvalue weighted by Gasteiger charge is 2.20. The van der Waals surface area contributed by atoms with E-state index in [1.54, 1.807) is 14.0 Å². The number of carbonyl (C=O) groups excluding carboxylic acids is 1. The van der Waals surface area contributed by atoms with E-state index >= 15 is 0 Å². The van der Waals surface area contributed by atoms with Crippen molar-refractivity contribution in [3.05, 3.63) is 11.7 Å². The highest BCUT2D eigenvalue weighted by molar-refractivity contribution is 5.78. The van der Waals surface area contributed by atoms with E-state index in [9.17, 15) is 4.79 Å². The van der Waals surface area contributed by atoms with Gasteiger partial charge < -0.3 is 19.9 Å². The van der Waals surface area contributed by atoms with Gasteiger partial charge in [-0.2, -0.15) is 4.98 Å². The first-order chi connectivity index (χ1) is 9.85. The molecule has 0 saturated carbocycles. The van der Waals surface area contributed by atoms with E-state index in [1.165, 1.54) is 4.90 Å². The fraction of sp³-hybridized carbons (Fsp3) is 0.786. The van der Waals surface area contributed by atoms with Gasteiger partial charge in [-0.05, 0) is 12.8 Å². The number of nitrogens with two attached hydrogens (primary N) is 1. The van der Waals surface area contributed by atoms with Crippen molar-refractivity contribution < 1.29 is 14.1 Å². The summed E-state index contributed by atoms with van der Waals surface area (Å²) in [5, 5.41) is 3.90. The van der Waals surface area contributed by atoms with E-state index < -0.39 is 0 Å². The average molecular weight is 298 g/mol. The second-order valence-corrected chi connectivity index (χ2v) is 5.75. The van der Waals surface area contributed by atoms with Crippen LogP contribution in [0.25, 0.3) is 0 Å². The van der Waals surface area contributed by atoms with Gasteiger partial charge in [0.1, 0.15) is 6.10 Å². The SMILES string of the molecule is CC(C)COC(C)c1noc(CN(C)C(=O)C(C)CN)n1. The van der Waals surface area contributed by atoms with Gasteiger partial charge in [0.05, 0.1) is 6.54 Å². The largest absolute Gasteiger partial charge is 0.370 e. The Balaban J connectivity index is 2.57. The van der Waals surface area contributed by atoms with Crippen LogP contribution in [0.15, 0.2) is 4.52 Å². The van der Waals surface area contributed by atoms with Gasteiger partial charge >= 0.3 is 0 Å². The van der Waals surface area contributed by atoms with E-state index in [1.807, 2.05) is 6.92 Å². The standard InChI is InChI=1S/C14H26N4O3/c1-9(2)8-20-11(4)13-16-12(21-17-13)7-18(5)14(19)10(3)6-15/h9-11H,6-8,15H2,1-5H3. The van der Waals surface area contributed by atoms with Gasteiger partial charge in [-0.3, -0.25) is 4.79 Å². The molecule has 0 radical (unpaired) electrons. The zero-order valence-corrected chi connectivity index (χ0v) is 13.5. The molecule has 0 aliphatic rings. The maximum Gasteiger partial charge on any atom is 0.246 e. The van der Waals surface area contributed by atoms with Crippen molar-refractivity contribution in [2.24, 2.45) is 17.6 Å². The van der Waals surface area contributed by atoms with Crippen molar-refractivity contribution >= 4 is 5.91 Å². The molecule has 0 spiro atoms. The Labute approximate surface area is 125 Å². The summed E-state index contributed by atoms with van der Waals surface area (Å²) < 4.78 is 10.8. The first-order valence-corrected chi connectivity index (χ1v) is 7.24. The van der Waals surface area contributed by atoms with Crippen LogP contribution in [0, 0.1) is 11.8 Å². The van der Waals surface area contributed by atoms with Crippen LogP contribution in [-0.4, -0.2) is 41.1 Å². The van der Waals surface area contributed by atoms with E-state index in [-0.39, 0.29) is 24.5 Å². The molecule has 1 aromatic heterocycles. The molecule has 7 heteroatoms. The number of hydrogen-bond acceptors (Lipinski definition) is 6. The molecule has 0 bridgehead atoms. The molecule has 0 aliphatic carbocycles. The second kappa shape index (κ2) is 8.09. The minimum atomic E-state index is -0.228. The molecule has 1 heterocycles. The first kappa shape index (κ1) is 17.6. The molecule has 21 heavy (non-hydrogen) atoms. The summed E-state index contributed by atoms with van der Waals surface area (Å²) in [5.74, 6) is 1.08. The molecular formula is C14H26N4O3. The van der Waals surface area contributed by atoms with Gasteiger partial charge in [-0.25, -0.2) is 0 Å². The lowest BCUT2D eigenvalue weighted by Crippen LogP contribution is -2.34. The quantitative estimate of drug-likeness (QED) is 0.778. The molecule has 0 aliphatic heterocycles. The normalized spacial score (nSPS) is 14.2. The Morgan fingerprint density at radius 1 is 1.38 bits per heavy atom. The number of rotatable bonds is 8. The molecule has 2 unspecified atom stereocenters. The Morgan fingerprint density at radius 2 is 2.05 bits per heavy atom. The number of aromatic nitrogens is 2. The highest BCUT2D eigenvalue weighted by atomic mass is 16.5. The molecule has 7 nitrogen and oxygen atoms in total. The predicted octanol–water partition coefficient (Wildman–Crippen LogP) is 1.36. The third kappa shape index (κ3) is 5.43. The van der Waals surface area contributed by atoms with Crippen molar-refractivity contribution in [2.45, 2.75) is 40.3 Å². The van der Waals surface area contributed by atoms with Crippen LogP contribution in [0.4, 0.5) is 0 Å². The monoisotopic (exact) mass is 298 g/mol. The third-order valence-corrected chi connectivity index (χ3v) is 3.05. The highest BCUT2D eigenvalue weighted by Crippen LogP contribution is 2.15. The maximum atomic E-state index is 11.9. The van der Waals surface area contributed by atoms with E-state index in [4.69, 9.17) is 15.0 Å². The molecule has 2 atom stereocenters. The number of amides is 1. The summed E-state index contributed by atoms with van der Waals surface area (Å²) >= 11 is 0. The lowest BCUT2D eigenvalue weighted by atomic mass is 10.1. The zero-order chi connectivity index (χ0) is 16.0. The minimum absolute atomic E-state index is 0.0404. The Hall–Kier alpha value is -1.47. The molecule has 0 aromatic carbocycles. The topological polar surface area (TPSA) is 94.5 Å². The Morgan fingerprint density at radius 3 is 2.62 bits per heavy atom. The Bertz CT molecular complexity index is 447. The van der Waals surface area contributed by atoms with Crippen molar-refractivity contribution in [2.75, 3.05) is 20.2 Å². The van der Waals surface area contributed by atoms with E-state index in [0.717, 1.165) is 0 Å². The summed E-state index contributed by atoms with van der Waals surface area (Å²) in [6, 6.07) is 0. The van der Waals surface area contributed by atoms with Crippen LogP contribution >= 0.6 is 0 Å². The molecule has 120 valence electrons. The van der Waals surface area contributed by atoms with Gasteiger partial charge in [0, 0.05) is 26.1 Å². The van der Waals surface area contributed by atoms with Crippen LogP contribution in [0.2, 0.25) is 0 Å². The van der Waals surface area contributed by atoms with Gasteiger partial charge in [-0.1, -0.05) is 25.9 Å². The molecule has 1 amide bonds. The number of ether oxygens (including phenoxy) is 1. The van der Waals surface area contributed by atoms with Crippen molar-refractivity contribution in [1.29, 1.82) is 0 Å². The van der Waals surface area contributed by atoms with Crippen molar-refractivity contribution in [3.8, 4) is 0 Å². The zero-order valence-electron chi connectivity index (χ0n) is 13.5. The number of carbonyl (C=O) groups is 1. The van der Waals surface area contributed by atoms with Gasteiger partial charge in [-0.15, -0.1) is 0 Å². The predicted molar refractivity (Wildman–Crippen MR) is 78.2 cm³/mol. The first-order valence-electron chi connectivity index (χ1n) is 7.24. The van der Waals surface area contributed by atoms with Crippen LogP contribution in [0.1, 0.15) is 45.5 Å². The summed E-state index contributed by atoms with van der Waals surface area (Å²) in [6.07, 6.45) is -0.228. The third-order valence-electron chi connectivity index (χ3n) is 3.05. The van der Waals surface area contributed by atoms with Gasteiger partial charge in [0.25, 0.3) is 0 Å². The summed E-state index contributed by atoms with van der Waals surface area (Å²) in [6.45, 7) is 9.05. The minimum Gasteiger partial charge on any atom is -0.370 e. The van der Waals surface area contributed by atoms with E-state index in [0.29, 0.717) is 30.8 Å². The van der Waals surface area contributed by atoms with E-state index in [2.05, 4.69) is 24.0 Å². The fourth-order valence-corrected chi connectivity index (χ4v) is 1.67. The Kier molecular flexibility index (Phi) is 6.77.